The Morgan fingerprint density at radius 2 is 1.75 bits per heavy atom. The molecule has 0 radical (unpaired) electrons. The Morgan fingerprint density at radius 3 is 2.50 bits per heavy atom. The number of benzene rings is 2. The van der Waals surface area contributed by atoms with Gasteiger partial charge in [-0.15, -0.1) is 0 Å². The van der Waals surface area contributed by atoms with Crippen molar-refractivity contribution in [2.45, 2.75) is 13.0 Å². The van der Waals surface area contributed by atoms with Gasteiger partial charge in [0.2, 0.25) is 0 Å². The smallest absolute Gasteiger partial charge is 0.161 e. The summed E-state index contributed by atoms with van der Waals surface area (Å²) in [6, 6.07) is 16.5. The van der Waals surface area contributed by atoms with Gasteiger partial charge in [0.25, 0.3) is 0 Å². The van der Waals surface area contributed by atoms with Crippen molar-refractivity contribution in [3.05, 3.63) is 59.7 Å². The van der Waals surface area contributed by atoms with Crippen molar-refractivity contribution in [2.75, 3.05) is 39.8 Å². The molecule has 1 fully saturated rings. The van der Waals surface area contributed by atoms with E-state index in [9.17, 15) is 0 Å². The van der Waals surface area contributed by atoms with E-state index in [1.807, 2.05) is 24.3 Å². The summed E-state index contributed by atoms with van der Waals surface area (Å²) < 4.78 is 11.4. The van der Waals surface area contributed by atoms with Crippen LogP contribution in [-0.2, 0) is 13.0 Å². The Kier molecular flexibility index (Phi) is 6.10. The van der Waals surface area contributed by atoms with Crippen molar-refractivity contribution < 1.29 is 9.47 Å². The van der Waals surface area contributed by atoms with Crippen LogP contribution in [0.25, 0.3) is 0 Å². The van der Waals surface area contributed by atoms with Gasteiger partial charge in [-0.25, -0.2) is 0 Å². The van der Waals surface area contributed by atoms with Crippen LogP contribution in [0.15, 0.2) is 48.5 Å². The first-order valence-corrected chi connectivity index (χ1v) is 8.62. The Morgan fingerprint density at radius 1 is 0.958 bits per heavy atom. The third-order valence-corrected chi connectivity index (χ3v) is 4.39. The van der Waals surface area contributed by atoms with E-state index in [0.29, 0.717) is 6.61 Å². The zero-order valence-electron chi connectivity index (χ0n) is 14.3. The standard InChI is InChI=1S/C20H26N2O2/c1-23-20-15-17(9-12-22-13-10-21-11-14-22)7-8-19(20)24-16-18-5-3-2-4-6-18/h2-8,15,21H,9-14,16H2,1H3. The number of hydrogen-bond acceptors (Lipinski definition) is 4. The van der Waals surface area contributed by atoms with Gasteiger partial charge in [0, 0.05) is 32.7 Å². The van der Waals surface area contributed by atoms with E-state index in [2.05, 4.69) is 34.5 Å². The van der Waals surface area contributed by atoms with Gasteiger partial charge in [-0.05, 0) is 29.7 Å². The molecule has 128 valence electrons. The first-order chi connectivity index (χ1) is 11.8. The molecular formula is C20H26N2O2. The highest BCUT2D eigenvalue weighted by Gasteiger charge is 2.11. The van der Waals surface area contributed by atoms with Crippen LogP contribution in [0, 0.1) is 0 Å². The molecule has 1 aliphatic rings. The third-order valence-electron chi connectivity index (χ3n) is 4.39. The molecule has 0 amide bonds. The number of ether oxygens (including phenoxy) is 2. The summed E-state index contributed by atoms with van der Waals surface area (Å²) in [5.41, 5.74) is 2.44. The van der Waals surface area contributed by atoms with Gasteiger partial charge in [-0.2, -0.15) is 0 Å². The number of piperazine rings is 1. The average molecular weight is 326 g/mol. The number of hydrogen-bond donors (Lipinski definition) is 1. The Bertz CT molecular complexity index is 625. The summed E-state index contributed by atoms with van der Waals surface area (Å²) in [5.74, 6) is 1.61. The van der Waals surface area contributed by atoms with Crippen molar-refractivity contribution >= 4 is 0 Å². The topological polar surface area (TPSA) is 33.7 Å². The number of rotatable bonds is 7. The lowest BCUT2D eigenvalue weighted by Gasteiger charge is -2.27. The van der Waals surface area contributed by atoms with Crippen LogP contribution in [0.3, 0.4) is 0 Å². The Hall–Kier alpha value is -2.04. The monoisotopic (exact) mass is 326 g/mol. The summed E-state index contributed by atoms with van der Waals surface area (Å²) in [7, 11) is 1.70. The van der Waals surface area contributed by atoms with Crippen LogP contribution < -0.4 is 14.8 Å². The lowest BCUT2D eigenvalue weighted by molar-refractivity contribution is 0.243. The first kappa shape index (κ1) is 16.8. The van der Waals surface area contributed by atoms with Gasteiger partial charge in [-0.1, -0.05) is 36.4 Å². The summed E-state index contributed by atoms with van der Waals surface area (Å²) in [5, 5.41) is 3.39. The Balaban J connectivity index is 1.57. The molecule has 3 rings (SSSR count). The van der Waals surface area contributed by atoms with Crippen LogP contribution in [0.5, 0.6) is 11.5 Å². The summed E-state index contributed by atoms with van der Waals surface area (Å²) in [6.45, 7) is 6.10. The van der Waals surface area contributed by atoms with Crippen LogP contribution in [0.4, 0.5) is 0 Å². The van der Waals surface area contributed by atoms with Gasteiger partial charge in [-0.3, -0.25) is 0 Å². The van der Waals surface area contributed by atoms with Crippen LogP contribution >= 0.6 is 0 Å². The quantitative estimate of drug-likeness (QED) is 0.848. The molecule has 0 bridgehead atoms. The normalized spacial score (nSPS) is 15.2. The van der Waals surface area contributed by atoms with E-state index in [0.717, 1.165) is 56.2 Å². The second-order valence-corrected chi connectivity index (χ2v) is 6.10. The highest BCUT2D eigenvalue weighted by molar-refractivity contribution is 5.43. The lowest BCUT2D eigenvalue weighted by atomic mass is 10.1. The molecule has 2 aromatic carbocycles. The second kappa shape index (κ2) is 8.71. The largest absolute Gasteiger partial charge is 0.493 e. The molecule has 0 unspecified atom stereocenters. The average Bonchev–Trinajstić information content (AvgIpc) is 2.66. The minimum absolute atomic E-state index is 0.553. The maximum atomic E-state index is 5.92. The summed E-state index contributed by atoms with van der Waals surface area (Å²) in [4.78, 5) is 2.50. The molecule has 24 heavy (non-hydrogen) atoms. The van der Waals surface area contributed by atoms with E-state index in [-0.39, 0.29) is 0 Å². The molecule has 2 aromatic rings. The van der Waals surface area contributed by atoms with E-state index in [4.69, 9.17) is 9.47 Å². The third kappa shape index (κ3) is 4.73. The van der Waals surface area contributed by atoms with Crippen molar-refractivity contribution in [2.24, 2.45) is 0 Å². The van der Waals surface area contributed by atoms with Crippen molar-refractivity contribution in [3.63, 3.8) is 0 Å². The van der Waals surface area contributed by atoms with Gasteiger partial charge in [0.1, 0.15) is 6.61 Å². The highest BCUT2D eigenvalue weighted by Crippen LogP contribution is 2.29. The molecule has 1 aliphatic heterocycles. The van der Waals surface area contributed by atoms with Gasteiger partial charge in [0.15, 0.2) is 11.5 Å². The predicted molar refractivity (Wildman–Crippen MR) is 96.8 cm³/mol. The molecule has 0 atom stereocenters. The predicted octanol–water partition coefficient (Wildman–Crippen LogP) is 2.72. The fraction of sp³-hybridized carbons (Fsp3) is 0.400. The maximum absolute atomic E-state index is 5.92. The molecule has 1 saturated heterocycles. The molecule has 4 heteroatoms. The fourth-order valence-corrected chi connectivity index (χ4v) is 2.94. The molecule has 0 spiro atoms. The zero-order valence-corrected chi connectivity index (χ0v) is 14.3. The molecular weight excluding hydrogens is 300 g/mol. The minimum Gasteiger partial charge on any atom is -0.493 e. The van der Waals surface area contributed by atoms with Crippen molar-refractivity contribution in [3.8, 4) is 11.5 Å². The van der Waals surface area contributed by atoms with Crippen LogP contribution in [0.2, 0.25) is 0 Å². The Labute approximate surface area is 144 Å². The van der Waals surface area contributed by atoms with Crippen molar-refractivity contribution in [1.29, 1.82) is 0 Å². The zero-order chi connectivity index (χ0) is 16.6. The summed E-state index contributed by atoms with van der Waals surface area (Å²) >= 11 is 0. The van der Waals surface area contributed by atoms with E-state index >= 15 is 0 Å². The molecule has 0 aliphatic carbocycles. The number of methoxy groups -OCH3 is 1. The lowest BCUT2D eigenvalue weighted by Crippen LogP contribution is -2.44. The van der Waals surface area contributed by atoms with E-state index in [1.165, 1.54) is 5.56 Å². The minimum atomic E-state index is 0.553. The highest BCUT2D eigenvalue weighted by atomic mass is 16.5. The molecule has 1 heterocycles. The fourth-order valence-electron chi connectivity index (χ4n) is 2.94. The first-order valence-electron chi connectivity index (χ1n) is 8.62. The van der Waals surface area contributed by atoms with Gasteiger partial charge in [0.05, 0.1) is 7.11 Å². The number of nitrogens with one attached hydrogen (secondary N) is 1. The van der Waals surface area contributed by atoms with E-state index in [1.54, 1.807) is 7.11 Å². The van der Waals surface area contributed by atoms with Crippen LogP contribution in [-0.4, -0.2) is 44.7 Å². The number of nitrogens with zero attached hydrogens (tertiary/aromatic N) is 1. The SMILES string of the molecule is COc1cc(CCN2CCNCC2)ccc1OCc1ccccc1. The molecule has 0 aromatic heterocycles. The van der Waals surface area contributed by atoms with Crippen LogP contribution in [0.1, 0.15) is 11.1 Å². The molecule has 1 N–H and O–H groups in total. The van der Waals surface area contributed by atoms with Gasteiger partial charge >= 0.3 is 0 Å². The van der Waals surface area contributed by atoms with Crippen molar-refractivity contribution in [1.82, 2.24) is 10.2 Å². The summed E-state index contributed by atoms with van der Waals surface area (Å²) in [6.07, 6.45) is 1.04. The molecule has 4 nitrogen and oxygen atoms in total. The second-order valence-electron chi connectivity index (χ2n) is 6.10. The van der Waals surface area contributed by atoms with E-state index < -0.39 is 0 Å². The molecule has 0 saturated carbocycles. The van der Waals surface area contributed by atoms with Gasteiger partial charge < -0.3 is 19.7 Å². The maximum Gasteiger partial charge on any atom is 0.161 e.